The molecule has 2 unspecified atom stereocenters. The molecule has 5 heteroatoms. The van der Waals surface area contributed by atoms with Crippen LogP contribution in [0.15, 0.2) is 29.4 Å². The Kier molecular flexibility index (Phi) is 2.89. The maximum Gasteiger partial charge on any atom is 0.228 e. The van der Waals surface area contributed by atoms with Crippen molar-refractivity contribution >= 4 is 11.7 Å². The van der Waals surface area contributed by atoms with Gasteiger partial charge in [0.05, 0.1) is 12.0 Å². The van der Waals surface area contributed by atoms with Crippen LogP contribution >= 0.6 is 0 Å². The van der Waals surface area contributed by atoms with Crippen molar-refractivity contribution in [2.24, 2.45) is 16.8 Å². The van der Waals surface area contributed by atoms with Crippen LogP contribution in [0, 0.1) is 5.92 Å². The van der Waals surface area contributed by atoms with Crippen molar-refractivity contribution < 1.29 is 10.0 Å². The number of carbonyl (C=O) groups is 1. The number of amides is 1. The lowest BCUT2D eigenvalue weighted by atomic mass is 9.77. The fourth-order valence-electron chi connectivity index (χ4n) is 2.67. The Morgan fingerprint density at radius 1 is 1.42 bits per heavy atom. The van der Waals surface area contributed by atoms with Gasteiger partial charge in [0, 0.05) is 0 Å². The molecule has 2 atom stereocenters. The maximum atomic E-state index is 12.2. The summed E-state index contributed by atoms with van der Waals surface area (Å²) in [6.45, 7) is 0. The van der Waals surface area contributed by atoms with Gasteiger partial charge in [-0.05, 0) is 36.3 Å². The van der Waals surface area contributed by atoms with Crippen molar-refractivity contribution in [2.45, 2.75) is 31.2 Å². The highest BCUT2D eigenvalue weighted by molar-refractivity contribution is 5.93. The molecule has 0 heterocycles. The molecule has 2 aliphatic carbocycles. The van der Waals surface area contributed by atoms with E-state index in [4.69, 9.17) is 10.9 Å². The van der Waals surface area contributed by atoms with Crippen molar-refractivity contribution in [3.8, 4) is 0 Å². The molecule has 4 N–H and O–H groups in total. The van der Waals surface area contributed by atoms with Gasteiger partial charge in [-0.3, -0.25) is 4.79 Å². The third kappa shape index (κ3) is 2.16. The van der Waals surface area contributed by atoms with Crippen molar-refractivity contribution in [2.75, 3.05) is 0 Å². The van der Waals surface area contributed by atoms with E-state index in [0.29, 0.717) is 5.92 Å². The molecule has 0 aromatic heterocycles. The minimum Gasteiger partial charge on any atom is -0.409 e. The summed E-state index contributed by atoms with van der Waals surface area (Å²) in [5.74, 6) is 0.296. The Morgan fingerprint density at radius 3 is 2.79 bits per heavy atom. The highest BCUT2D eigenvalue weighted by atomic mass is 16.4. The SMILES string of the molecule is NC(=NO)C(NC(=O)C1Cc2ccccc21)C1CC1. The van der Waals surface area contributed by atoms with E-state index in [0.717, 1.165) is 24.8 Å². The zero-order valence-corrected chi connectivity index (χ0v) is 10.5. The molecular weight excluding hydrogens is 242 g/mol. The Balaban J connectivity index is 1.69. The van der Waals surface area contributed by atoms with Crippen LogP contribution in [-0.2, 0) is 11.2 Å². The third-order valence-electron chi connectivity index (χ3n) is 4.00. The third-order valence-corrected chi connectivity index (χ3v) is 4.00. The van der Waals surface area contributed by atoms with E-state index in [1.165, 1.54) is 5.56 Å². The summed E-state index contributed by atoms with van der Waals surface area (Å²) in [6.07, 6.45) is 2.81. The molecule has 0 saturated heterocycles. The van der Waals surface area contributed by atoms with E-state index in [9.17, 15) is 4.79 Å². The summed E-state index contributed by atoms with van der Waals surface area (Å²) in [5.41, 5.74) is 7.97. The van der Waals surface area contributed by atoms with E-state index < -0.39 is 0 Å². The number of nitrogens with two attached hydrogens (primary N) is 1. The molecule has 1 saturated carbocycles. The summed E-state index contributed by atoms with van der Waals surface area (Å²) in [6, 6.07) is 7.63. The summed E-state index contributed by atoms with van der Waals surface area (Å²) in [7, 11) is 0. The van der Waals surface area contributed by atoms with Crippen molar-refractivity contribution in [1.29, 1.82) is 0 Å². The Bertz CT molecular complexity index is 537. The average molecular weight is 259 g/mol. The molecule has 0 aliphatic heterocycles. The van der Waals surface area contributed by atoms with Gasteiger partial charge in [0.1, 0.15) is 0 Å². The number of amidine groups is 1. The van der Waals surface area contributed by atoms with Crippen molar-refractivity contribution in [3.05, 3.63) is 35.4 Å². The number of hydrogen-bond acceptors (Lipinski definition) is 3. The van der Waals surface area contributed by atoms with Crippen molar-refractivity contribution in [1.82, 2.24) is 5.32 Å². The second-order valence-electron chi connectivity index (χ2n) is 5.30. The van der Waals surface area contributed by atoms with Gasteiger partial charge in [0.2, 0.25) is 5.91 Å². The lowest BCUT2D eigenvalue weighted by Gasteiger charge is -2.30. The Labute approximate surface area is 111 Å². The molecule has 2 aliphatic rings. The number of rotatable bonds is 4. The Hall–Kier alpha value is -2.04. The second-order valence-corrected chi connectivity index (χ2v) is 5.30. The number of fused-ring (bicyclic) bond motifs is 1. The van der Waals surface area contributed by atoms with E-state index >= 15 is 0 Å². The minimum absolute atomic E-state index is 0.0257. The summed E-state index contributed by atoms with van der Waals surface area (Å²) in [5, 5.41) is 14.7. The molecule has 3 rings (SSSR count). The normalized spacial score (nSPS) is 23.2. The smallest absolute Gasteiger partial charge is 0.228 e. The van der Waals surface area contributed by atoms with E-state index in [1.54, 1.807) is 0 Å². The first-order valence-corrected chi connectivity index (χ1v) is 6.56. The first kappa shape index (κ1) is 12.0. The summed E-state index contributed by atoms with van der Waals surface area (Å²) in [4.78, 5) is 12.2. The number of oxime groups is 1. The van der Waals surface area contributed by atoms with E-state index in [2.05, 4.69) is 10.5 Å². The van der Waals surface area contributed by atoms with Gasteiger partial charge >= 0.3 is 0 Å². The average Bonchev–Trinajstić information content (AvgIpc) is 3.21. The molecule has 0 spiro atoms. The first-order chi connectivity index (χ1) is 9.20. The quantitative estimate of drug-likeness (QED) is 0.326. The van der Waals surface area contributed by atoms with Crippen LogP contribution in [0.4, 0.5) is 0 Å². The topological polar surface area (TPSA) is 87.7 Å². The molecule has 1 aromatic carbocycles. The first-order valence-electron chi connectivity index (χ1n) is 6.56. The molecule has 1 amide bonds. The molecule has 100 valence electrons. The van der Waals surface area contributed by atoms with Crippen molar-refractivity contribution in [3.63, 3.8) is 0 Å². The largest absolute Gasteiger partial charge is 0.409 e. The zero-order valence-electron chi connectivity index (χ0n) is 10.5. The molecule has 19 heavy (non-hydrogen) atoms. The van der Waals surface area contributed by atoms with Crippen LogP contribution in [0.2, 0.25) is 0 Å². The number of carbonyl (C=O) groups excluding carboxylic acids is 1. The summed E-state index contributed by atoms with van der Waals surface area (Å²) < 4.78 is 0. The number of benzene rings is 1. The standard InChI is InChI=1S/C14H17N3O2/c15-13(17-19)12(8-5-6-8)16-14(18)11-7-9-3-1-2-4-10(9)11/h1-4,8,11-12,19H,5-7H2,(H2,15,17)(H,16,18). The van der Waals surface area contributed by atoms with Gasteiger partial charge in [-0.1, -0.05) is 29.4 Å². The molecule has 0 radical (unpaired) electrons. The molecule has 0 bridgehead atoms. The van der Waals surface area contributed by atoms with Gasteiger partial charge in [0.15, 0.2) is 5.84 Å². The zero-order chi connectivity index (χ0) is 13.4. The highest BCUT2D eigenvalue weighted by Gasteiger charge is 2.38. The van der Waals surface area contributed by atoms with Crippen LogP contribution < -0.4 is 11.1 Å². The van der Waals surface area contributed by atoms with E-state index in [-0.39, 0.29) is 23.7 Å². The van der Waals surface area contributed by atoms with E-state index in [1.807, 2.05) is 24.3 Å². The maximum absolute atomic E-state index is 12.2. The Morgan fingerprint density at radius 2 is 2.16 bits per heavy atom. The second kappa shape index (κ2) is 4.57. The van der Waals surface area contributed by atoms with Gasteiger partial charge in [-0.25, -0.2) is 0 Å². The minimum atomic E-state index is -0.328. The van der Waals surface area contributed by atoms with Gasteiger partial charge in [-0.15, -0.1) is 0 Å². The van der Waals surface area contributed by atoms with Gasteiger partial charge in [-0.2, -0.15) is 0 Å². The number of nitrogens with one attached hydrogen (secondary N) is 1. The fraction of sp³-hybridized carbons (Fsp3) is 0.429. The molecule has 1 fully saturated rings. The lowest BCUT2D eigenvalue weighted by Crippen LogP contribution is -2.49. The predicted octanol–water partition coefficient (Wildman–Crippen LogP) is 0.967. The van der Waals surface area contributed by atoms with Crippen LogP contribution in [0.5, 0.6) is 0 Å². The predicted molar refractivity (Wildman–Crippen MR) is 71.0 cm³/mol. The van der Waals surface area contributed by atoms with Crippen LogP contribution in [-0.4, -0.2) is 23.0 Å². The monoisotopic (exact) mass is 259 g/mol. The van der Waals surface area contributed by atoms with Gasteiger partial charge in [0.25, 0.3) is 0 Å². The molecular formula is C14H17N3O2. The van der Waals surface area contributed by atoms with Crippen LogP contribution in [0.3, 0.4) is 0 Å². The molecule has 5 nitrogen and oxygen atoms in total. The fourth-order valence-corrected chi connectivity index (χ4v) is 2.67. The van der Waals surface area contributed by atoms with Gasteiger partial charge < -0.3 is 16.3 Å². The summed E-state index contributed by atoms with van der Waals surface area (Å²) >= 11 is 0. The van der Waals surface area contributed by atoms with Crippen LogP contribution in [0.25, 0.3) is 0 Å². The number of nitrogens with zero attached hydrogens (tertiary/aromatic N) is 1. The lowest BCUT2D eigenvalue weighted by molar-refractivity contribution is -0.123. The van der Waals surface area contributed by atoms with Crippen LogP contribution in [0.1, 0.15) is 29.9 Å². The number of hydrogen-bond donors (Lipinski definition) is 3. The molecule has 1 aromatic rings. The highest BCUT2D eigenvalue weighted by Crippen LogP contribution is 2.36.